The molecule has 0 radical (unpaired) electrons. The van der Waals surface area contributed by atoms with Crippen LogP contribution in [0.4, 0.5) is 0 Å². The van der Waals surface area contributed by atoms with Crippen LogP contribution in [0.25, 0.3) is 0 Å². The van der Waals surface area contributed by atoms with Crippen LogP contribution in [0.5, 0.6) is 0 Å². The minimum Gasteiger partial charge on any atom is -0.337 e. The third-order valence-corrected chi connectivity index (χ3v) is 3.58. The van der Waals surface area contributed by atoms with Crippen LogP contribution < -0.4 is 5.32 Å². The van der Waals surface area contributed by atoms with Gasteiger partial charge in [-0.25, -0.2) is 4.98 Å². The van der Waals surface area contributed by atoms with Gasteiger partial charge in [-0.2, -0.15) is 0 Å². The highest BCUT2D eigenvalue weighted by atomic mass is 15.1. The molecular formula is C16H23N3. The molecule has 2 unspecified atom stereocenters. The van der Waals surface area contributed by atoms with Crippen molar-refractivity contribution in [2.45, 2.75) is 39.3 Å². The van der Waals surface area contributed by atoms with Crippen molar-refractivity contribution in [2.75, 3.05) is 0 Å². The van der Waals surface area contributed by atoms with E-state index in [1.165, 1.54) is 11.1 Å². The van der Waals surface area contributed by atoms with Crippen molar-refractivity contribution in [3.05, 3.63) is 53.6 Å². The predicted molar refractivity (Wildman–Crippen MR) is 79.0 cm³/mol. The average Bonchev–Trinajstić information content (AvgIpc) is 2.83. The molecule has 2 atom stereocenters. The third kappa shape index (κ3) is 3.24. The molecular weight excluding hydrogens is 234 g/mol. The van der Waals surface area contributed by atoms with E-state index in [1.807, 2.05) is 19.4 Å². The number of imidazole rings is 1. The van der Waals surface area contributed by atoms with Gasteiger partial charge in [0.15, 0.2) is 0 Å². The Hall–Kier alpha value is -1.61. The molecule has 1 aromatic heterocycles. The normalized spacial score (nSPS) is 14.3. The molecule has 19 heavy (non-hydrogen) atoms. The van der Waals surface area contributed by atoms with Crippen molar-refractivity contribution in [3.63, 3.8) is 0 Å². The molecule has 0 bridgehead atoms. The SMILES string of the molecule is CCC(NC(C)c1nccn1C)c1ccc(C)cc1. The summed E-state index contributed by atoms with van der Waals surface area (Å²) in [7, 11) is 2.04. The minimum absolute atomic E-state index is 0.242. The van der Waals surface area contributed by atoms with Crippen molar-refractivity contribution in [1.82, 2.24) is 14.9 Å². The Balaban J connectivity index is 2.11. The van der Waals surface area contributed by atoms with E-state index in [0.29, 0.717) is 6.04 Å². The van der Waals surface area contributed by atoms with E-state index >= 15 is 0 Å². The van der Waals surface area contributed by atoms with Crippen LogP contribution in [0.2, 0.25) is 0 Å². The quantitative estimate of drug-likeness (QED) is 0.888. The first-order valence-corrected chi connectivity index (χ1v) is 6.91. The number of aromatic nitrogens is 2. The van der Waals surface area contributed by atoms with Gasteiger partial charge in [0.1, 0.15) is 5.82 Å². The summed E-state index contributed by atoms with van der Waals surface area (Å²) in [4.78, 5) is 4.41. The second kappa shape index (κ2) is 6.02. The maximum Gasteiger partial charge on any atom is 0.125 e. The Labute approximate surface area is 115 Å². The number of hydrogen-bond acceptors (Lipinski definition) is 2. The molecule has 0 aliphatic rings. The molecule has 0 saturated heterocycles. The highest BCUT2D eigenvalue weighted by Gasteiger charge is 2.16. The first-order valence-electron chi connectivity index (χ1n) is 6.91. The Morgan fingerprint density at radius 1 is 1.26 bits per heavy atom. The highest BCUT2D eigenvalue weighted by Crippen LogP contribution is 2.21. The second-order valence-electron chi connectivity index (χ2n) is 5.16. The first kappa shape index (κ1) is 13.8. The van der Waals surface area contributed by atoms with E-state index in [1.54, 1.807) is 0 Å². The zero-order valence-electron chi connectivity index (χ0n) is 12.2. The fraction of sp³-hybridized carbons (Fsp3) is 0.438. The molecule has 0 fully saturated rings. The van der Waals surface area contributed by atoms with Gasteiger partial charge in [-0.15, -0.1) is 0 Å². The zero-order valence-corrected chi connectivity index (χ0v) is 12.2. The summed E-state index contributed by atoms with van der Waals surface area (Å²) < 4.78 is 2.07. The van der Waals surface area contributed by atoms with Crippen molar-refractivity contribution in [3.8, 4) is 0 Å². The topological polar surface area (TPSA) is 29.9 Å². The predicted octanol–water partition coefficient (Wildman–Crippen LogP) is 3.53. The Kier molecular flexibility index (Phi) is 4.38. The fourth-order valence-electron chi connectivity index (χ4n) is 2.42. The van der Waals surface area contributed by atoms with E-state index in [0.717, 1.165) is 12.2 Å². The van der Waals surface area contributed by atoms with Crippen LogP contribution in [0.3, 0.4) is 0 Å². The smallest absolute Gasteiger partial charge is 0.125 e. The van der Waals surface area contributed by atoms with Gasteiger partial charge < -0.3 is 9.88 Å². The fourth-order valence-corrected chi connectivity index (χ4v) is 2.42. The Morgan fingerprint density at radius 3 is 2.47 bits per heavy atom. The van der Waals surface area contributed by atoms with Gasteiger partial charge in [-0.3, -0.25) is 0 Å². The summed E-state index contributed by atoms with van der Waals surface area (Å²) in [6, 6.07) is 9.37. The molecule has 0 amide bonds. The molecule has 2 aromatic rings. The third-order valence-electron chi connectivity index (χ3n) is 3.58. The standard InChI is InChI=1S/C16H23N3/c1-5-15(14-8-6-12(2)7-9-14)18-13(3)16-17-10-11-19(16)4/h6-11,13,15,18H,5H2,1-4H3. The molecule has 1 N–H and O–H groups in total. The highest BCUT2D eigenvalue weighted by molar-refractivity contribution is 5.24. The van der Waals surface area contributed by atoms with Gasteiger partial charge in [0.25, 0.3) is 0 Å². The zero-order chi connectivity index (χ0) is 13.8. The summed E-state index contributed by atoms with van der Waals surface area (Å²) in [5, 5.41) is 3.66. The summed E-state index contributed by atoms with van der Waals surface area (Å²) in [5.74, 6) is 1.07. The van der Waals surface area contributed by atoms with Gasteiger partial charge in [-0.1, -0.05) is 36.8 Å². The lowest BCUT2D eigenvalue weighted by Gasteiger charge is -2.22. The van der Waals surface area contributed by atoms with Crippen LogP contribution >= 0.6 is 0 Å². The van der Waals surface area contributed by atoms with E-state index < -0.39 is 0 Å². The maximum absolute atomic E-state index is 4.41. The lowest BCUT2D eigenvalue weighted by molar-refractivity contribution is 0.435. The van der Waals surface area contributed by atoms with Crippen LogP contribution in [0.1, 0.15) is 49.3 Å². The number of nitrogens with zero attached hydrogens (tertiary/aromatic N) is 2. The van der Waals surface area contributed by atoms with Gasteiger partial charge in [0.05, 0.1) is 6.04 Å². The van der Waals surface area contributed by atoms with E-state index in [4.69, 9.17) is 0 Å². The van der Waals surface area contributed by atoms with Gasteiger partial charge >= 0.3 is 0 Å². The molecule has 0 saturated carbocycles. The molecule has 2 rings (SSSR count). The van der Waals surface area contributed by atoms with Crippen LogP contribution in [-0.4, -0.2) is 9.55 Å². The largest absolute Gasteiger partial charge is 0.337 e. The van der Waals surface area contributed by atoms with E-state index in [2.05, 4.69) is 59.9 Å². The molecule has 3 heteroatoms. The van der Waals surface area contributed by atoms with Crippen molar-refractivity contribution in [1.29, 1.82) is 0 Å². The maximum atomic E-state index is 4.41. The van der Waals surface area contributed by atoms with Crippen molar-refractivity contribution < 1.29 is 0 Å². The molecule has 0 aliphatic carbocycles. The molecule has 0 aliphatic heterocycles. The first-order chi connectivity index (χ1) is 9.11. The second-order valence-corrected chi connectivity index (χ2v) is 5.16. The monoisotopic (exact) mass is 257 g/mol. The average molecular weight is 257 g/mol. The van der Waals surface area contributed by atoms with Gasteiger partial charge in [0.2, 0.25) is 0 Å². The summed E-state index contributed by atoms with van der Waals surface area (Å²) in [6.07, 6.45) is 4.90. The van der Waals surface area contributed by atoms with Crippen LogP contribution in [-0.2, 0) is 7.05 Å². The number of aryl methyl sites for hydroxylation is 2. The summed E-state index contributed by atoms with van der Waals surface area (Å²) in [5.41, 5.74) is 2.64. The van der Waals surface area contributed by atoms with Crippen LogP contribution in [0, 0.1) is 6.92 Å². The van der Waals surface area contributed by atoms with E-state index in [9.17, 15) is 0 Å². The number of benzene rings is 1. The molecule has 102 valence electrons. The summed E-state index contributed by atoms with van der Waals surface area (Å²) in [6.45, 7) is 6.50. The lowest BCUT2D eigenvalue weighted by atomic mass is 10.0. The molecule has 0 spiro atoms. The van der Waals surface area contributed by atoms with Crippen molar-refractivity contribution in [2.24, 2.45) is 7.05 Å². The van der Waals surface area contributed by atoms with Crippen LogP contribution in [0.15, 0.2) is 36.7 Å². The number of rotatable bonds is 5. The summed E-state index contributed by atoms with van der Waals surface area (Å²) >= 11 is 0. The molecule has 1 aromatic carbocycles. The lowest BCUT2D eigenvalue weighted by Crippen LogP contribution is -2.26. The van der Waals surface area contributed by atoms with Crippen molar-refractivity contribution >= 4 is 0 Å². The molecule has 1 heterocycles. The Bertz CT molecular complexity index is 513. The minimum atomic E-state index is 0.242. The number of nitrogens with one attached hydrogen (secondary N) is 1. The number of hydrogen-bond donors (Lipinski definition) is 1. The Morgan fingerprint density at radius 2 is 1.95 bits per heavy atom. The molecule has 3 nitrogen and oxygen atoms in total. The van der Waals surface area contributed by atoms with E-state index in [-0.39, 0.29) is 6.04 Å². The van der Waals surface area contributed by atoms with Gasteiger partial charge in [0, 0.05) is 25.5 Å². The van der Waals surface area contributed by atoms with Gasteiger partial charge in [-0.05, 0) is 25.8 Å².